The maximum atomic E-state index is 6.15. The maximum absolute atomic E-state index is 6.15. The molecule has 0 aliphatic heterocycles. The van der Waals surface area contributed by atoms with Crippen LogP contribution in [0.15, 0.2) is 60.0 Å². The highest BCUT2D eigenvalue weighted by atomic mass is 35.5. The van der Waals surface area contributed by atoms with Crippen molar-refractivity contribution in [3.8, 4) is 11.4 Å². The Morgan fingerprint density at radius 1 is 1.08 bits per heavy atom. The molecule has 0 bridgehead atoms. The van der Waals surface area contributed by atoms with Gasteiger partial charge in [-0.2, -0.15) is 0 Å². The number of nitrogens with zero attached hydrogens (tertiary/aromatic N) is 4. The lowest BCUT2D eigenvalue weighted by Crippen LogP contribution is -2.05. The van der Waals surface area contributed by atoms with Gasteiger partial charge in [0.1, 0.15) is 4.33 Å². The summed E-state index contributed by atoms with van der Waals surface area (Å²) in [6.45, 7) is 0.714. The number of rotatable bonds is 6. The van der Waals surface area contributed by atoms with Crippen molar-refractivity contribution in [3.05, 3.63) is 60.4 Å². The zero-order chi connectivity index (χ0) is 17.3. The third-order valence-corrected chi connectivity index (χ3v) is 6.26. The molecule has 128 valence electrons. The number of aromatic nitrogens is 4. The Hall–Kier alpha value is -1.56. The topological polar surface area (TPSA) is 43.6 Å². The quantitative estimate of drug-likeness (QED) is 0.452. The van der Waals surface area contributed by atoms with E-state index in [0.717, 1.165) is 28.7 Å². The van der Waals surface area contributed by atoms with Crippen molar-refractivity contribution in [2.24, 2.45) is 5.92 Å². The minimum Gasteiger partial charge on any atom is -0.298 e. The summed E-state index contributed by atoms with van der Waals surface area (Å²) >= 11 is 14.0. The van der Waals surface area contributed by atoms with Crippen molar-refractivity contribution in [1.82, 2.24) is 19.7 Å². The summed E-state index contributed by atoms with van der Waals surface area (Å²) in [7, 11) is 0. The van der Waals surface area contributed by atoms with E-state index in [2.05, 4.69) is 31.9 Å². The van der Waals surface area contributed by atoms with Crippen molar-refractivity contribution in [2.75, 3.05) is 5.75 Å². The summed E-state index contributed by atoms with van der Waals surface area (Å²) in [4.78, 5) is 4.08. The molecule has 2 aromatic heterocycles. The van der Waals surface area contributed by atoms with E-state index in [9.17, 15) is 0 Å². The van der Waals surface area contributed by atoms with Gasteiger partial charge in [-0.3, -0.25) is 9.55 Å². The van der Waals surface area contributed by atoms with Crippen LogP contribution in [0.2, 0.25) is 0 Å². The monoisotopic (exact) mass is 390 g/mol. The summed E-state index contributed by atoms with van der Waals surface area (Å²) < 4.78 is 1.58. The van der Waals surface area contributed by atoms with Gasteiger partial charge in [0.25, 0.3) is 0 Å². The lowest BCUT2D eigenvalue weighted by atomic mass is 10.2. The largest absolute Gasteiger partial charge is 0.298 e. The van der Waals surface area contributed by atoms with Gasteiger partial charge in [-0.1, -0.05) is 42.1 Å². The van der Waals surface area contributed by atoms with Gasteiger partial charge in [0.05, 0.1) is 6.54 Å². The molecule has 1 aromatic carbocycles. The highest BCUT2D eigenvalue weighted by molar-refractivity contribution is 7.99. The molecule has 1 aliphatic carbocycles. The molecule has 1 saturated carbocycles. The number of halogens is 2. The molecule has 4 rings (SSSR count). The third kappa shape index (κ3) is 3.84. The van der Waals surface area contributed by atoms with Crippen LogP contribution in [0.25, 0.3) is 11.4 Å². The maximum Gasteiger partial charge on any atom is 0.191 e. The molecular formula is C18H16Cl2N4S. The van der Waals surface area contributed by atoms with Crippen molar-refractivity contribution < 1.29 is 0 Å². The molecule has 1 fully saturated rings. The first kappa shape index (κ1) is 16.9. The molecule has 1 aliphatic rings. The second-order valence-corrected chi connectivity index (χ2v) is 8.62. The first-order chi connectivity index (χ1) is 12.1. The average molecular weight is 391 g/mol. The number of thioether (sulfide) groups is 1. The van der Waals surface area contributed by atoms with Gasteiger partial charge >= 0.3 is 0 Å². The van der Waals surface area contributed by atoms with E-state index >= 15 is 0 Å². The van der Waals surface area contributed by atoms with E-state index in [1.54, 1.807) is 24.2 Å². The average Bonchev–Trinajstić information content (AvgIpc) is 3.06. The first-order valence-electron chi connectivity index (χ1n) is 8.01. The van der Waals surface area contributed by atoms with Crippen molar-refractivity contribution in [1.29, 1.82) is 0 Å². The fraction of sp³-hybridized carbons (Fsp3) is 0.278. The zero-order valence-electron chi connectivity index (χ0n) is 13.3. The summed E-state index contributed by atoms with van der Waals surface area (Å²) in [6, 6.07) is 14.2. The molecule has 0 N–H and O–H groups in total. The lowest BCUT2D eigenvalue weighted by molar-refractivity contribution is 0.713. The minimum atomic E-state index is -0.564. The van der Waals surface area contributed by atoms with E-state index in [1.807, 2.05) is 30.3 Å². The number of hydrogen-bond donors (Lipinski definition) is 0. The third-order valence-electron chi connectivity index (χ3n) is 4.21. The molecule has 0 saturated heterocycles. The van der Waals surface area contributed by atoms with Crippen LogP contribution in [0.1, 0.15) is 12.0 Å². The second-order valence-electron chi connectivity index (χ2n) is 6.09. The highest BCUT2D eigenvalue weighted by Gasteiger charge is 2.51. The van der Waals surface area contributed by atoms with Crippen LogP contribution < -0.4 is 0 Å². The smallest absolute Gasteiger partial charge is 0.191 e. The molecule has 0 amide bonds. The fourth-order valence-electron chi connectivity index (χ4n) is 2.64. The van der Waals surface area contributed by atoms with Gasteiger partial charge in [-0.15, -0.1) is 33.4 Å². The Labute approximate surface area is 160 Å². The number of hydrogen-bond acceptors (Lipinski definition) is 4. The highest BCUT2D eigenvalue weighted by Crippen LogP contribution is 2.54. The van der Waals surface area contributed by atoms with Crippen LogP contribution in [-0.4, -0.2) is 29.8 Å². The van der Waals surface area contributed by atoms with Crippen LogP contribution in [-0.2, 0) is 6.54 Å². The van der Waals surface area contributed by atoms with Gasteiger partial charge in [0.2, 0.25) is 0 Å². The van der Waals surface area contributed by atoms with Gasteiger partial charge in [-0.25, -0.2) is 0 Å². The summed E-state index contributed by atoms with van der Waals surface area (Å²) in [6.07, 6.45) is 4.37. The van der Waals surface area contributed by atoms with Gasteiger partial charge in [-0.05, 0) is 24.1 Å². The molecular weight excluding hydrogens is 375 g/mol. The lowest BCUT2D eigenvalue weighted by Gasteiger charge is -2.10. The predicted octanol–water partition coefficient (Wildman–Crippen LogP) is 4.67. The second kappa shape index (κ2) is 6.98. The SMILES string of the molecule is ClC1(Cl)CC1CSc1nnc(-c2ccncc2)n1Cc1ccccc1. The van der Waals surface area contributed by atoms with Crippen molar-refractivity contribution >= 4 is 35.0 Å². The summed E-state index contributed by atoms with van der Waals surface area (Å²) in [5, 5.41) is 9.70. The standard InChI is InChI=1S/C18H16Cl2N4S/c19-18(20)10-15(18)12-25-17-23-22-16(14-6-8-21-9-7-14)24(17)11-13-4-2-1-3-5-13/h1-9,15H,10-12H2. The molecule has 2 heterocycles. The number of alkyl halides is 2. The molecule has 1 atom stereocenters. The normalized spacial score (nSPS) is 18.2. The number of pyridine rings is 1. The van der Waals surface area contributed by atoms with Crippen LogP contribution in [0, 0.1) is 5.92 Å². The van der Waals surface area contributed by atoms with Gasteiger partial charge in [0.15, 0.2) is 11.0 Å². The molecule has 1 unspecified atom stereocenters. The summed E-state index contributed by atoms with van der Waals surface area (Å²) in [5.41, 5.74) is 2.20. The van der Waals surface area contributed by atoms with Crippen LogP contribution in [0.5, 0.6) is 0 Å². The first-order valence-corrected chi connectivity index (χ1v) is 9.76. The Kier molecular flexibility index (Phi) is 4.71. The zero-order valence-corrected chi connectivity index (χ0v) is 15.7. The van der Waals surface area contributed by atoms with E-state index in [0.29, 0.717) is 12.5 Å². The van der Waals surface area contributed by atoms with Crippen LogP contribution in [0.3, 0.4) is 0 Å². The molecule has 4 nitrogen and oxygen atoms in total. The van der Waals surface area contributed by atoms with Gasteiger partial charge < -0.3 is 0 Å². The van der Waals surface area contributed by atoms with Gasteiger partial charge in [0, 0.05) is 29.6 Å². The summed E-state index contributed by atoms with van der Waals surface area (Å²) in [5.74, 6) is 2.00. The Balaban J connectivity index is 1.63. The Morgan fingerprint density at radius 2 is 1.80 bits per heavy atom. The Bertz CT molecular complexity index is 852. The Morgan fingerprint density at radius 3 is 2.48 bits per heavy atom. The minimum absolute atomic E-state index is 0.312. The molecule has 25 heavy (non-hydrogen) atoms. The predicted molar refractivity (Wildman–Crippen MR) is 102 cm³/mol. The molecule has 7 heteroatoms. The van der Waals surface area contributed by atoms with E-state index < -0.39 is 4.33 Å². The molecule has 0 radical (unpaired) electrons. The number of benzene rings is 1. The van der Waals surface area contributed by atoms with Crippen molar-refractivity contribution in [3.63, 3.8) is 0 Å². The van der Waals surface area contributed by atoms with E-state index in [-0.39, 0.29) is 0 Å². The van der Waals surface area contributed by atoms with E-state index in [4.69, 9.17) is 23.2 Å². The molecule has 3 aromatic rings. The van der Waals surface area contributed by atoms with E-state index in [1.165, 1.54) is 5.56 Å². The van der Waals surface area contributed by atoms with Crippen LogP contribution >= 0.6 is 35.0 Å². The molecule has 0 spiro atoms. The fourth-order valence-corrected chi connectivity index (χ4v) is 4.51. The van der Waals surface area contributed by atoms with Crippen LogP contribution in [0.4, 0.5) is 0 Å². The van der Waals surface area contributed by atoms with Crippen molar-refractivity contribution in [2.45, 2.75) is 22.5 Å².